The molecule has 0 aliphatic carbocycles. The first-order chi connectivity index (χ1) is 5.75. The second-order valence-electron chi connectivity index (χ2n) is 2.05. The van der Waals surface area contributed by atoms with E-state index in [0.717, 1.165) is 0 Å². The SMILES string of the molecule is Clc1nc(-c2ccc(Br)o2)n[nH]1. The van der Waals surface area contributed by atoms with Crippen LogP contribution in [-0.4, -0.2) is 15.2 Å². The molecule has 0 saturated carbocycles. The van der Waals surface area contributed by atoms with Gasteiger partial charge in [-0.1, -0.05) is 0 Å². The van der Waals surface area contributed by atoms with Crippen molar-refractivity contribution in [3.05, 3.63) is 22.1 Å². The van der Waals surface area contributed by atoms with Crippen molar-refractivity contribution in [1.29, 1.82) is 0 Å². The van der Waals surface area contributed by atoms with Crippen molar-refractivity contribution in [2.24, 2.45) is 0 Å². The fourth-order valence-electron chi connectivity index (χ4n) is 0.787. The zero-order valence-corrected chi connectivity index (χ0v) is 8.06. The monoisotopic (exact) mass is 247 g/mol. The first kappa shape index (κ1) is 7.82. The Balaban J connectivity index is 2.43. The summed E-state index contributed by atoms with van der Waals surface area (Å²) in [5, 5.41) is 6.57. The van der Waals surface area contributed by atoms with E-state index in [1.165, 1.54) is 0 Å². The Morgan fingerprint density at radius 3 is 2.83 bits per heavy atom. The number of aromatic nitrogens is 3. The molecular weight excluding hydrogens is 245 g/mol. The van der Waals surface area contributed by atoms with Crippen LogP contribution < -0.4 is 0 Å². The molecule has 12 heavy (non-hydrogen) atoms. The average Bonchev–Trinajstić information content (AvgIpc) is 2.58. The largest absolute Gasteiger partial charge is 0.446 e. The molecule has 4 nitrogen and oxygen atoms in total. The molecule has 0 radical (unpaired) electrons. The van der Waals surface area contributed by atoms with Crippen LogP contribution >= 0.6 is 27.5 Å². The molecule has 2 heterocycles. The lowest BCUT2D eigenvalue weighted by molar-refractivity contribution is 0.551. The number of hydrogen-bond acceptors (Lipinski definition) is 3. The van der Waals surface area contributed by atoms with Gasteiger partial charge in [-0.25, -0.2) is 5.10 Å². The van der Waals surface area contributed by atoms with Crippen molar-refractivity contribution < 1.29 is 4.42 Å². The van der Waals surface area contributed by atoms with Crippen LogP contribution in [0.15, 0.2) is 21.2 Å². The Morgan fingerprint density at radius 1 is 1.50 bits per heavy atom. The summed E-state index contributed by atoms with van der Waals surface area (Å²) in [7, 11) is 0. The molecule has 0 bridgehead atoms. The number of H-pyrrole nitrogens is 1. The second-order valence-corrected chi connectivity index (χ2v) is 3.19. The molecular formula is C6H3BrClN3O. The Hall–Kier alpha value is -0.810. The van der Waals surface area contributed by atoms with Crippen molar-refractivity contribution >= 4 is 27.5 Å². The topological polar surface area (TPSA) is 54.7 Å². The number of halogens is 2. The molecule has 6 heteroatoms. The normalized spacial score (nSPS) is 10.5. The summed E-state index contributed by atoms with van der Waals surface area (Å²) in [6, 6.07) is 3.52. The molecule has 0 fully saturated rings. The molecule has 0 aliphatic heterocycles. The Bertz CT molecular complexity index is 359. The number of hydrogen-bond donors (Lipinski definition) is 1. The molecule has 2 aromatic rings. The van der Waals surface area contributed by atoms with E-state index in [-0.39, 0.29) is 5.28 Å². The third kappa shape index (κ3) is 1.37. The van der Waals surface area contributed by atoms with E-state index in [1.807, 2.05) is 0 Å². The van der Waals surface area contributed by atoms with Gasteiger partial charge < -0.3 is 4.42 Å². The average molecular weight is 248 g/mol. The second kappa shape index (κ2) is 2.91. The molecule has 62 valence electrons. The quantitative estimate of drug-likeness (QED) is 0.843. The minimum atomic E-state index is 0.248. The molecule has 0 aliphatic rings. The van der Waals surface area contributed by atoms with Gasteiger partial charge in [0.05, 0.1) is 0 Å². The summed E-state index contributed by atoms with van der Waals surface area (Å²) in [5.74, 6) is 1.02. The van der Waals surface area contributed by atoms with Gasteiger partial charge in [0.1, 0.15) is 0 Å². The van der Waals surface area contributed by atoms with Crippen LogP contribution in [0.25, 0.3) is 11.6 Å². The van der Waals surface area contributed by atoms with Crippen molar-refractivity contribution in [1.82, 2.24) is 15.2 Å². The fourth-order valence-corrected chi connectivity index (χ4v) is 1.22. The van der Waals surface area contributed by atoms with E-state index in [4.69, 9.17) is 16.0 Å². The van der Waals surface area contributed by atoms with E-state index >= 15 is 0 Å². The van der Waals surface area contributed by atoms with E-state index < -0.39 is 0 Å². The molecule has 0 unspecified atom stereocenters. The Labute approximate surface area is 81.1 Å². The van der Waals surface area contributed by atoms with Gasteiger partial charge >= 0.3 is 0 Å². The highest BCUT2D eigenvalue weighted by Crippen LogP contribution is 2.22. The molecule has 2 aromatic heterocycles. The van der Waals surface area contributed by atoms with E-state index in [0.29, 0.717) is 16.3 Å². The third-order valence-corrected chi connectivity index (χ3v) is 1.85. The van der Waals surface area contributed by atoms with Crippen LogP contribution in [0.5, 0.6) is 0 Å². The highest BCUT2D eigenvalue weighted by molar-refractivity contribution is 9.10. The minimum Gasteiger partial charge on any atom is -0.446 e. The van der Waals surface area contributed by atoms with Crippen LogP contribution in [0, 0.1) is 0 Å². The standard InChI is InChI=1S/C6H3BrClN3O/c7-4-2-1-3(12-4)5-9-6(8)11-10-5/h1-2H,(H,9,10,11). The molecule has 2 rings (SSSR count). The lowest BCUT2D eigenvalue weighted by Gasteiger charge is -1.83. The third-order valence-electron chi connectivity index (χ3n) is 1.25. The molecule has 1 N–H and O–H groups in total. The van der Waals surface area contributed by atoms with Gasteiger partial charge in [-0.3, -0.25) is 0 Å². The lowest BCUT2D eigenvalue weighted by atomic mass is 10.4. The first-order valence-electron chi connectivity index (χ1n) is 3.09. The predicted octanol–water partition coefficient (Wildman–Crippen LogP) is 2.48. The number of aromatic amines is 1. The van der Waals surface area contributed by atoms with Gasteiger partial charge in [-0.2, -0.15) is 4.98 Å². The van der Waals surface area contributed by atoms with Gasteiger partial charge in [0.2, 0.25) is 11.1 Å². The maximum absolute atomic E-state index is 5.53. The van der Waals surface area contributed by atoms with Crippen LogP contribution in [0.1, 0.15) is 0 Å². The van der Waals surface area contributed by atoms with E-state index in [1.54, 1.807) is 12.1 Å². The van der Waals surface area contributed by atoms with Crippen molar-refractivity contribution in [3.63, 3.8) is 0 Å². The van der Waals surface area contributed by atoms with Gasteiger partial charge in [-0.05, 0) is 39.7 Å². The van der Waals surface area contributed by atoms with Crippen LogP contribution in [-0.2, 0) is 0 Å². The van der Waals surface area contributed by atoms with Crippen molar-refractivity contribution in [2.75, 3.05) is 0 Å². The molecule has 0 aromatic carbocycles. The molecule has 0 spiro atoms. The summed E-state index contributed by atoms with van der Waals surface area (Å²) < 4.78 is 5.83. The van der Waals surface area contributed by atoms with Crippen LogP contribution in [0.2, 0.25) is 5.28 Å². The summed E-state index contributed by atoms with van der Waals surface area (Å²) in [6.07, 6.45) is 0. The highest BCUT2D eigenvalue weighted by atomic mass is 79.9. The van der Waals surface area contributed by atoms with E-state index in [9.17, 15) is 0 Å². The van der Waals surface area contributed by atoms with Crippen molar-refractivity contribution in [2.45, 2.75) is 0 Å². The fraction of sp³-hybridized carbons (Fsp3) is 0. The molecule has 0 atom stereocenters. The number of rotatable bonds is 1. The van der Waals surface area contributed by atoms with Crippen LogP contribution in [0.4, 0.5) is 0 Å². The smallest absolute Gasteiger partial charge is 0.218 e. The zero-order valence-electron chi connectivity index (χ0n) is 5.71. The Morgan fingerprint density at radius 2 is 2.33 bits per heavy atom. The predicted molar refractivity (Wildman–Crippen MR) is 46.8 cm³/mol. The van der Waals surface area contributed by atoms with Crippen LogP contribution in [0.3, 0.4) is 0 Å². The minimum absolute atomic E-state index is 0.248. The molecule has 0 saturated heterocycles. The van der Waals surface area contributed by atoms with Crippen molar-refractivity contribution in [3.8, 4) is 11.6 Å². The van der Waals surface area contributed by atoms with Gasteiger partial charge in [0.25, 0.3) is 0 Å². The maximum atomic E-state index is 5.53. The summed E-state index contributed by atoms with van der Waals surface area (Å²) in [5.41, 5.74) is 0. The maximum Gasteiger partial charge on any atom is 0.218 e. The summed E-state index contributed by atoms with van der Waals surface area (Å²) in [4.78, 5) is 3.88. The van der Waals surface area contributed by atoms with Gasteiger partial charge in [0.15, 0.2) is 10.4 Å². The lowest BCUT2D eigenvalue weighted by Crippen LogP contribution is -1.74. The van der Waals surface area contributed by atoms with Gasteiger partial charge in [-0.15, -0.1) is 5.10 Å². The highest BCUT2D eigenvalue weighted by Gasteiger charge is 2.07. The van der Waals surface area contributed by atoms with E-state index in [2.05, 4.69) is 31.1 Å². The zero-order chi connectivity index (χ0) is 8.55. The number of furan rings is 1. The summed E-state index contributed by atoms with van der Waals surface area (Å²) in [6.45, 7) is 0. The Kier molecular flexibility index (Phi) is 1.90. The summed E-state index contributed by atoms with van der Waals surface area (Å²) >= 11 is 8.71. The molecule has 0 amide bonds. The number of nitrogens with zero attached hydrogens (tertiary/aromatic N) is 2. The van der Waals surface area contributed by atoms with Gasteiger partial charge in [0, 0.05) is 0 Å². The number of nitrogens with one attached hydrogen (secondary N) is 1. The first-order valence-corrected chi connectivity index (χ1v) is 4.26.